The minimum atomic E-state index is -2.64. The first-order valence-electron chi connectivity index (χ1n) is 9.79. The van der Waals surface area contributed by atoms with Crippen LogP contribution < -0.4 is 5.32 Å². The Hall–Kier alpha value is -3.08. The van der Waals surface area contributed by atoms with E-state index in [9.17, 15) is 23.7 Å². The van der Waals surface area contributed by atoms with Crippen LogP contribution in [0, 0.1) is 10.1 Å². The zero-order valence-corrected chi connectivity index (χ0v) is 16.2. The maximum Gasteiger partial charge on any atom is 0.319 e. The first kappa shape index (κ1) is 20.2. The van der Waals surface area contributed by atoms with Gasteiger partial charge >= 0.3 is 6.55 Å². The number of aromatic nitrogens is 2. The number of nitrogens with zero attached hydrogens (tertiary/aromatic N) is 5. The predicted octanol–water partition coefficient (Wildman–Crippen LogP) is 2.72. The molecule has 2 aromatic rings. The molecule has 1 aromatic heterocycles. The average molecular weight is 420 g/mol. The molecule has 30 heavy (non-hydrogen) atoms. The number of carbonyl (C=O) groups excluding carboxylic acids is 1. The van der Waals surface area contributed by atoms with Crippen LogP contribution in [0.5, 0.6) is 0 Å². The summed E-state index contributed by atoms with van der Waals surface area (Å²) >= 11 is 0. The Morgan fingerprint density at radius 1 is 1.27 bits per heavy atom. The summed E-state index contributed by atoms with van der Waals surface area (Å²) in [6, 6.07) is 4.77. The summed E-state index contributed by atoms with van der Waals surface area (Å²) in [6.45, 7) is -0.546. The van der Waals surface area contributed by atoms with E-state index in [0.717, 1.165) is 17.4 Å². The molecule has 2 fully saturated rings. The smallest absolute Gasteiger partial charge is 0.319 e. The highest BCUT2D eigenvalue weighted by atomic mass is 19.3. The Balaban J connectivity index is 1.38. The highest BCUT2D eigenvalue weighted by Gasteiger charge is 2.28. The van der Waals surface area contributed by atoms with Gasteiger partial charge in [0.2, 0.25) is 0 Å². The molecule has 2 heterocycles. The van der Waals surface area contributed by atoms with Crippen LogP contribution in [0.15, 0.2) is 30.6 Å². The normalized spacial score (nSPS) is 17.4. The topological polar surface area (TPSA) is 96.5 Å². The van der Waals surface area contributed by atoms with Crippen LogP contribution in [0.2, 0.25) is 0 Å². The average Bonchev–Trinajstić information content (AvgIpc) is 3.42. The molecule has 0 bridgehead atoms. The Bertz CT molecular complexity index is 938. The molecule has 4 rings (SSSR count). The fourth-order valence-electron chi connectivity index (χ4n) is 3.52. The molecule has 1 aromatic carbocycles. The number of nitro groups is 1. The Morgan fingerprint density at radius 2 is 2.00 bits per heavy atom. The molecule has 0 spiro atoms. The quantitative estimate of drug-likeness (QED) is 0.547. The number of rotatable bonds is 7. The molecule has 1 amide bonds. The number of piperazine rings is 1. The second kappa shape index (κ2) is 8.34. The van der Waals surface area contributed by atoms with Gasteiger partial charge in [-0.25, -0.2) is 4.98 Å². The number of imidazole rings is 1. The van der Waals surface area contributed by atoms with Gasteiger partial charge in [0.1, 0.15) is 11.5 Å². The van der Waals surface area contributed by atoms with Crippen LogP contribution in [0.1, 0.15) is 35.6 Å². The molecule has 2 aliphatic rings. The minimum absolute atomic E-state index is 0.106. The van der Waals surface area contributed by atoms with Gasteiger partial charge in [-0.3, -0.25) is 24.4 Å². The van der Waals surface area contributed by atoms with Crippen molar-refractivity contribution in [2.75, 3.05) is 31.5 Å². The van der Waals surface area contributed by atoms with E-state index >= 15 is 0 Å². The van der Waals surface area contributed by atoms with E-state index < -0.39 is 11.5 Å². The van der Waals surface area contributed by atoms with Crippen molar-refractivity contribution in [2.24, 2.45) is 0 Å². The molecule has 0 unspecified atom stereocenters. The van der Waals surface area contributed by atoms with Gasteiger partial charge in [0.15, 0.2) is 0 Å². The molecule has 0 atom stereocenters. The number of amides is 1. The Labute approximate surface area is 171 Å². The second-order valence-corrected chi connectivity index (χ2v) is 7.50. The van der Waals surface area contributed by atoms with Crippen molar-refractivity contribution < 1.29 is 18.5 Å². The fraction of sp³-hybridized carbons (Fsp3) is 0.474. The lowest BCUT2D eigenvalue weighted by Gasteiger charge is -2.34. The van der Waals surface area contributed by atoms with Gasteiger partial charge in [-0.2, -0.15) is 8.78 Å². The largest absolute Gasteiger partial charge is 0.377 e. The lowest BCUT2D eigenvalue weighted by Crippen LogP contribution is -2.48. The van der Waals surface area contributed by atoms with E-state index in [1.165, 1.54) is 18.5 Å². The number of nitro benzene ring substituents is 1. The molecular formula is C19H22F2N6O3. The molecule has 1 N–H and O–H groups in total. The first-order valence-corrected chi connectivity index (χ1v) is 9.79. The molecule has 11 heteroatoms. The Morgan fingerprint density at radius 3 is 2.63 bits per heavy atom. The fourth-order valence-corrected chi connectivity index (χ4v) is 3.52. The van der Waals surface area contributed by atoms with E-state index in [4.69, 9.17) is 0 Å². The Kier molecular flexibility index (Phi) is 5.62. The summed E-state index contributed by atoms with van der Waals surface area (Å²) in [4.78, 5) is 31.3. The van der Waals surface area contributed by atoms with Crippen LogP contribution >= 0.6 is 0 Å². The summed E-state index contributed by atoms with van der Waals surface area (Å²) < 4.78 is 26.7. The van der Waals surface area contributed by atoms with E-state index in [-0.39, 0.29) is 35.6 Å². The van der Waals surface area contributed by atoms with Crippen LogP contribution in [-0.4, -0.2) is 62.4 Å². The first-order chi connectivity index (χ1) is 14.4. The maximum atomic E-state index is 13.0. The maximum absolute atomic E-state index is 13.0. The third-order valence-electron chi connectivity index (χ3n) is 5.36. The minimum Gasteiger partial charge on any atom is -0.377 e. The van der Waals surface area contributed by atoms with Crippen molar-refractivity contribution in [3.63, 3.8) is 0 Å². The van der Waals surface area contributed by atoms with Gasteiger partial charge in [0.25, 0.3) is 11.6 Å². The molecule has 1 aliphatic carbocycles. The molecule has 1 aliphatic heterocycles. The number of halogens is 2. The second-order valence-electron chi connectivity index (χ2n) is 7.50. The van der Waals surface area contributed by atoms with E-state index in [1.807, 2.05) is 4.90 Å². The van der Waals surface area contributed by atoms with Crippen LogP contribution in [0.4, 0.5) is 20.2 Å². The van der Waals surface area contributed by atoms with Gasteiger partial charge in [0, 0.05) is 56.2 Å². The molecule has 160 valence electrons. The lowest BCUT2D eigenvalue weighted by atomic mass is 10.1. The number of anilines is 1. The number of carbonyl (C=O) groups is 1. The number of hydrogen-bond acceptors (Lipinski definition) is 6. The third-order valence-corrected chi connectivity index (χ3v) is 5.36. The van der Waals surface area contributed by atoms with Crippen molar-refractivity contribution in [3.05, 3.63) is 52.1 Å². The van der Waals surface area contributed by atoms with Crippen molar-refractivity contribution >= 4 is 17.3 Å². The summed E-state index contributed by atoms with van der Waals surface area (Å²) in [6.07, 6.45) is 4.56. The van der Waals surface area contributed by atoms with Gasteiger partial charge in [0.05, 0.1) is 11.5 Å². The van der Waals surface area contributed by atoms with Gasteiger partial charge in [-0.1, -0.05) is 0 Å². The van der Waals surface area contributed by atoms with Crippen molar-refractivity contribution in [2.45, 2.75) is 32.0 Å². The van der Waals surface area contributed by atoms with Gasteiger partial charge in [-0.15, -0.1) is 0 Å². The molecular weight excluding hydrogens is 398 g/mol. The number of hydrogen-bond donors (Lipinski definition) is 1. The molecule has 0 radical (unpaired) electrons. The molecule has 9 nitrogen and oxygen atoms in total. The monoisotopic (exact) mass is 420 g/mol. The molecule has 1 saturated heterocycles. The summed E-state index contributed by atoms with van der Waals surface area (Å²) in [5, 5.41) is 14.5. The molecule has 1 saturated carbocycles. The van der Waals surface area contributed by atoms with Crippen LogP contribution in [-0.2, 0) is 6.54 Å². The standard InChI is InChI=1S/C19H22F2N6O3/c20-19(21)26-6-5-22-17(26)12-24-7-9-25(10-8-24)18(28)13-1-4-15(23-14-2-3-14)16(11-13)27(29)30/h1,4-6,11,14,19,23H,2-3,7-10,12H2. The summed E-state index contributed by atoms with van der Waals surface area (Å²) in [5.74, 6) is 0.00366. The van der Waals surface area contributed by atoms with E-state index in [2.05, 4.69) is 10.3 Å². The number of benzene rings is 1. The van der Waals surface area contributed by atoms with E-state index in [1.54, 1.807) is 17.0 Å². The van der Waals surface area contributed by atoms with E-state index in [0.29, 0.717) is 31.9 Å². The van der Waals surface area contributed by atoms with Crippen molar-refractivity contribution in [1.29, 1.82) is 0 Å². The number of alkyl halides is 2. The zero-order chi connectivity index (χ0) is 21.3. The third kappa shape index (κ3) is 4.40. The number of nitrogens with one attached hydrogen (secondary N) is 1. The highest BCUT2D eigenvalue weighted by molar-refractivity contribution is 5.95. The van der Waals surface area contributed by atoms with Gasteiger partial charge < -0.3 is 10.2 Å². The lowest BCUT2D eigenvalue weighted by molar-refractivity contribution is -0.384. The summed E-state index contributed by atoms with van der Waals surface area (Å²) in [7, 11) is 0. The van der Waals surface area contributed by atoms with Crippen LogP contribution in [0.25, 0.3) is 0 Å². The van der Waals surface area contributed by atoms with Crippen molar-refractivity contribution in [1.82, 2.24) is 19.4 Å². The van der Waals surface area contributed by atoms with Gasteiger partial charge in [-0.05, 0) is 25.0 Å². The predicted molar refractivity (Wildman–Crippen MR) is 104 cm³/mol. The summed E-state index contributed by atoms with van der Waals surface area (Å²) in [5.41, 5.74) is 0.591. The van der Waals surface area contributed by atoms with Crippen molar-refractivity contribution in [3.8, 4) is 0 Å². The SMILES string of the molecule is O=C(c1ccc(NC2CC2)c([N+](=O)[O-])c1)N1CCN(Cc2nccn2C(F)F)CC1. The highest BCUT2D eigenvalue weighted by Crippen LogP contribution is 2.32. The zero-order valence-electron chi connectivity index (χ0n) is 16.2. The van der Waals surface area contributed by atoms with Crippen LogP contribution in [0.3, 0.4) is 0 Å².